The van der Waals surface area contributed by atoms with Crippen molar-refractivity contribution in [2.24, 2.45) is 11.8 Å². The Labute approximate surface area is 133 Å². The van der Waals surface area contributed by atoms with Gasteiger partial charge in [-0.2, -0.15) is 0 Å². The third kappa shape index (κ3) is 4.74. The summed E-state index contributed by atoms with van der Waals surface area (Å²) in [6.07, 6.45) is 2.21. The van der Waals surface area contributed by atoms with Crippen molar-refractivity contribution in [3.63, 3.8) is 0 Å². The van der Waals surface area contributed by atoms with E-state index in [1.165, 1.54) is 18.2 Å². The van der Waals surface area contributed by atoms with E-state index in [2.05, 4.69) is 5.32 Å². The number of benzene rings is 1. The molecular formula is C17H21F2NO3. The van der Waals surface area contributed by atoms with Crippen molar-refractivity contribution in [2.75, 3.05) is 6.54 Å². The number of carbonyl (C=O) groups excluding carboxylic acids is 1. The Hall–Kier alpha value is -1.98. The number of alkyl halides is 2. The summed E-state index contributed by atoms with van der Waals surface area (Å²) in [6.45, 7) is 0.0255. The van der Waals surface area contributed by atoms with Crippen LogP contribution in [0.1, 0.15) is 54.5 Å². The third-order valence-corrected chi connectivity index (χ3v) is 4.42. The van der Waals surface area contributed by atoms with Crippen LogP contribution in [0, 0.1) is 11.8 Å². The van der Waals surface area contributed by atoms with Crippen LogP contribution < -0.4 is 5.32 Å². The molecule has 1 aliphatic rings. The highest BCUT2D eigenvalue weighted by Crippen LogP contribution is 2.30. The number of hydrogen-bond acceptors (Lipinski definition) is 2. The fourth-order valence-electron chi connectivity index (χ4n) is 3.11. The number of carboxylic acids is 1. The smallest absolute Gasteiger partial charge is 0.308 e. The van der Waals surface area contributed by atoms with Crippen LogP contribution in [-0.4, -0.2) is 23.5 Å². The standard InChI is InChI=1S/C17H21F2NO3/c18-15(19)12-7-4-8-13(9-12)16(21)20-10-14(17(22)23)11-5-2-1-3-6-11/h4,7-9,11,14-15H,1-3,5-6,10H2,(H,20,21)(H,22,23). The van der Waals surface area contributed by atoms with Gasteiger partial charge in [0, 0.05) is 17.7 Å². The van der Waals surface area contributed by atoms with Crippen LogP contribution in [0.4, 0.5) is 8.78 Å². The van der Waals surface area contributed by atoms with Crippen LogP contribution in [0.3, 0.4) is 0 Å². The lowest BCUT2D eigenvalue weighted by Crippen LogP contribution is -2.37. The molecule has 0 saturated heterocycles. The number of halogens is 2. The average Bonchev–Trinajstić information content (AvgIpc) is 2.55. The van der Waals surface area contributed by atoms with Crippen LogP contribution in [0.5, 0.6) is 0 Å². The van der Waals surface area contributed by atoms with E-state index in [4.69, 9.17) is 0 Å². The molecule has 0 aromatic heterocycles. The van der Waals surface area contributed by atoms with E-state index in [1.807, 2.05) is 0 Å². The Morgan fingerprint density at radius 3 is 2.52 bits per heavy atom. The normalized spacial score (nSPS) is 17.0. The lowest BCUT2D eigenvalue weighted by Gasteiger charge is -2.27. The van der Waals surface area contributed by atoms with Crippen LogP contribution in [0.25, 0.3) is 0 Å². The van der Waals surface area contributed by atoms with Crippen molar-refractivity contribution in [1.29, 1.82) is 0 Å². The van der Waals surface area contributed by atoms with E-state index in [9.17, 15) is 23.5 Å². The topological polar surface area (TPSA) is 66.4 Å². The Bertz CT molecular complexity index is 557. The van der Waals surface area contributed by atoms with Crippen molar-refractivity contribution in [3.8, 4) is 0 Å². The highest BCUT2D eigenvalue weighted by Gasteiger charge is 2.29. The fourth-order valence-corrected chi connectivity index (χ4v) is 3.11. The van der Waals surface area contributed by atoms with Crippen LogP contribution >= 0.6 is 0 Å². The average molecular weight is 325 g/mol. The second kappa shape index (κ2) is 8.04. The molecule has 0 bridgehead atoms. The number of nitrogens with one attached hydrogen (secondary N) is 1. The van der Waals surface area contributed by atoms with Gasteiger partial charge in [-0.05, 0) is 30.9 Å². The monoisotopic (exact) mass is 325 g/mol. The Morgan fingerprint density at radius 2 is 1.91 bits per heavy atom. The number of aliphatic carboxylic acids is 1. The van der Waals surface area contributed by atoms with Gasteiger partial charge in [-0.15, -0.1) is 0 Å². The minimum atomic E-state index is -2.64. The van der Waals surface area contributed by atoms with Gasteiger partial charge in [-0.3, -0.25) is 9.59 Å². The number of carbonyl (C=O) groups is 2. The number of hydrogen-bond donors (Lipinski definition) is 2. The number of carboxylic acid groups (broad SMARTS) is 1. The molecule has 1 aliphatic carbocycles. The molecule has 0 aliphatic heterocycles. The lowest BCUT2D eigenvalue weighted by molar-refractivity contribution is -0.143. The first-order chi connectivity index (χ1) is 11.0. The van der Waals surface area contributed by atoms with E-state index in [0.717, 1.165) is 38.2 Å². The summed E-state index contributed by atoms with van der Waals surface area (Å²) in [6, 6.07) is 5.23. The molecule has 0 spiro atoms. The fraction of sp³-hybridized carbons (Fsp3) is 0.529. The Morgan fingerprint density at radius 1 is 1.22 bits per heavy atom. The molecule has 1 fully saturated rings. The van der Waals surface area contributed by atoms with Gasteiger partial charge in [-0.1, -0.05) is 31.4 Å². The highest BCUT2D eigenvalue weighted by atomic mass is 19.3. The highest BCUT2D eigenvalue weighted by molar-refractivity contribution is 5.94. The first-order valence-corrected chi connectivity index (χ1v) is 7.88. The largest absolute Gasteiger partial charge is 0.481 e. The maximum atomic E-state index is 12.7. The van der Waals surface area contributed by atoms with Gasteiger partial charge in [-0.25, -0.2) is 8.78 Å². The van der Waals surface area contributed by atoms with Gasteiger partial charge in [0.05, 0.1) is 5.92 Å². The summed E-state index contributed by atoms with van der Waals surface area (Å²) in [4.78, 5) is 23.5. The van der Waals surface area contributed by atoms with E-state index in [1.54, 1.807) is 0 Å². The second-order valence-corrected chi connectivity index (χ2v) is 5.98. The van der Waals surface area contributed by atoms with Crippen molar-refractivity contribution in [1.82, 2.24) is 5.32 Å². The molecule has 1 saturated carbocycles. The minimum absolute atomic E-state index is 0.0255. The molecule has 1 aromatic carbocycles. The molecule has 0 radical (unpaired) electrons. The second-order valence-electron chi connectivity index (χ2n) is 5.98. The predicted octanol–water partition coefficient (Wildman–Crippen LogP) is 3.64. The molecule has 1 aromatic rings. The van der Waals surface area contributed by atoms with Crippen LogP contribution in [0.2, 0.25) is 0 Å². The van der Waals surface area contributed by atoms with Crippen molar-refractivity contribution < 1.29 is 23.5 Å². The van der Waals surface area contributed by atoms with Gasteiger partial charge in [0.1, 0.15) is 0 Å². The lowest BCUT2D eigenvalue weighted by atomic mass is 9.80. The quantitative estimate of drug-likeness (QED) is 0.839. The zero-order valence-electron chi connectivity index (χ0n) is 12.8. The van der Waals surface area contributed by atoms with E-state index in [-0.39, 0.29) is 23.6 Å². The Balaban J connectivity index is 1.98. The molecular weight excluding hydrogens is 304 g/mol. The predicted molar refractivity (Wildman–Crippen MR) is 81.4 cm³/mol. The van der Waals surface area contributed by atoms with Gasteiger partial charge in [0.25, 0.3) is 12.3 Å². The molecule has 126 valence electrons. The van der Waals surface area contributed by atoms with Crippen LogP contribution in [0.15, 0.2) is 24.3 Å². The number of amides is 1. The summed E-state index contributed by atoms with van der Waals surface area (Å²) >= 11 is 0. The van der Waals surface area contributed by atoms with E-state index in [0.29, 0.717) is 0 Å². The molecule has 2 N–H and O–H groups in total. The van der Waals surface area contributed by atoms with Crippen LogP contribution in [-0.2, 0) is 4.79 Å². The summed E-state index contributed by atoms with van der Waals surface area (Å²) < 4.78 is 25.3. The first kappa shape index (κ1) is 17.4. The summed E-state index contributed by atoms with van der Waals surface area (Å²) in [5.41, 5.74) is -0.102. The zero-order chi connectivity index (χ0) is 16.8. The van der Waals surface area contributed by atoms with E-state index >= 15 is 0 Å². The maximum Gasteiger partial charge on any atom is 0.308 e. The number of rotatable bonds is 6. The van der Waals surface area contributed by atoms with Gasteiger partial charge >= 0.3 is 5.97 Å². The van der Waals surface area contributed by atoms with Gasteiger partial charge in [0.2, 0.25) is 0 Å². The summed E-state index contributed by atoms with van der Waals surface area (Å²) in [7, 11) is 0. The molecule has 23 heavy (non-hydrogen) atoms. The molecule has 1 unspecified atom stereocenters. The van der Waals surface area contributed by atoms with Crippen molar-refractivity contribution in [2.45, 2.75) is 38.5 Å². The van der Waals surface area contributed by atoms with Crippen molar-refractivity contribution >= 4 is 11.9 Å². The summed E-state index contributed by atoms with van der Waals surface area (Å²) in [5, 5.41) is 12.0. The van der Waals surface area contributed by atoms with Gasteiger partial charge in [0.15, 0.2) is 0 Å². The SMILES string of the molecule is O=C(NCC(C(=O)O)C1CCCCC1)c1cccc(C(F)F)c1. The zero-order valence-corrected chi connectivity index (χ0v) is 12.8. The summed E-state index contributed by atoms with van der Waals surface area (Å²) in [5.74, 6) is -2.00. The molecule has 6 heteroatoms. The molecule has 4 nitrogen and oxygen atoms in total. The third-order valence-electron chi connectivity index (χ3n) is 4.42. The van der Waals surface area contributed by atoms with Crippen molar-refractivity contribution in [3.05, 3.63) is 35.4 Å². The molecule has 2 rings (SSSR count). The Kier molecular flexibility index (Phi) is 6.07. The minimum Gasteiger partial charge on any atom is -0.481 e. The maximum absolute atomic E-state index is 12.7. The first-order valence-electron chi connectivity index (χ1n) is 7.88. The molecule has 0 heterocycles. The molecule has 1 amide bonds. The van der Waals surface area contributed by atoms with Gasteiger partial charge < -0.3 is 10.4 Å². The molecule has 1 atom stereocenters. The van der Waals surface area contributed by atoms with E-state index < -0.39 is 24.2 Å².